The summed E-state index contributed by atoms with van der Waals surface area (Å²) < 4.78 is 0. The molecule has 6 rings (SSSR count). The van der Waals surface area contributed by atoms with E-state index in [1.165, 1.54) is 73.6 Å². The van der Waals surface area contributed by atoms with E-state index in [-0.39, 0.29) is 33.5 Å². The van der Waals surface area contributed by atoms with Crippen molar-refractivity contribution < 1.29 is 30.4 Å². The third-order valence-electron chi connectivity index (χ3n) is 10.4. The van der Waals surface area contributed by atoms with Crippen LogP contribution in [0.3, 0.4) is 0 Å². The summed E-state index contributed by atoms with van der Waals surface area (Å²) in [6.07, 6.45) is 0.830. The van der Waals surface area contributed by atoms with Crippen LogP contribution >= 0.6 is 17.0 Å². The van der Waals surface area contributed by atoms with Crippen molar-refractivity contribution in [1.29, 1.82) is 0 Å². The average molecular weight is 924 g/mol. The molecular formula is C52H66BCl2N2O2Zr. The van der Waals surface area contributed by atoms with Crippen LogP contribution in [0.15, 0.2) is 109 Å². The molecule has 60 heavy (non-hydrogen) atoms. The molecule has 6 aromatic rings. The van der Waals surface area contributed by atoms with E-state index >= 15 is 0 Å². The topological polar surface area (TPSA) is 58.2 Å². The second-order valence-corrected chi connectivity index (χ2v) is 23.0. The Bertz CT molecular complexity index is 2150. The molecule has 2 amide bonds. The zero-order valence-corrected chi connectivity index (χ0v) is 42.4. The molecule has 0 aliphatic carbocycles. The zero-order valence-electron chi connectivity index (χ0n) is 38.5. The molecule has 0 fully saturated rings. The maximum absolute atomic E-state index is 10.6. The molecule has 0 aromatic heterocycles. The monoisotopic (exact) mass is 921 g/mol. The molecule has 6 aromatic carbocycles. The van der Waals surface area contributed by atoms with E-state index in [1.54, 1.807) is 13.8 Å². The number of fused-ring (bicyclic) bond motifs is 2. The number of benzene rings is 4. The van der Waals surface area contributed by atoms with Crippen LogP contribution in [0.2, 0.25) is 0 Å². The van der Waals surface area contributed by atoms with Crippen LogP contribution in [0, 0.1) is 0 Å². The van der Waals surface area contributed by atoms with Gasteiger partial charge in [0.25, 0.3) is 0 Å². The second-order valence-electron chi connectivity index (χ2n) is 19.3. The fourth-order valence-corrected chi connectivity index (χ4v) is 6.95. The van der Waals surface area contributed by atoms with Crippen molar-refractivity contribution in [3.8, 4) is 22.3 Å². The van der Waals surface area contributed by atoms with Gasteiger partial charge in [-0.3, -0.25) is 9.59 Å². The molecule has 0 aliphatic heterocycles. The van der Waals surface area contributed by atoms with Crippen LogP contribution in [0.5, 0.6) is 0 Å². The Morgan fingerprint density at radius 2 is 0.833 bits per heavy atom. The van der Waals surface area contributed by atoms with E-state index in [9.17, 15) is 9.59 Å². The normalized spacial score (nSPS) is 11.5. The van der Waals surface area contributed by atoms with Gasteiger partial charge in [-0.1, -0.05) is 169 Å². The third kappa shape index (κ3) is 14.3. The van der Waals surface area contributed by atoms with Gasteiger partial charge < -0.3 is 10.5 Å². The van der Waals surface area contributed by atoms with Crippen LogP contribution in [0.1, 0.15) is 132 Å². The minimum absolute atomic E-state index is 0.110. The molecule has 0 heterocycles. The van der Waals surface area contributed by atoms with Gasteiger partial charge in [-0.25, -0.2) is 0 Å². The van der Waals surface area contributed by atoms with Crippen LogP contribution in [0.25, 0.3) is 43.8 Å². The van der Waals surface area contributed by atoms with E-state index in [2.05, 4.69) is 203 Å². The number of amides is 2. The van der Waals surface area contributed by atoms with Gasteiger partial charge in [-0.05, 0) is 43.9 Å². The summed E-state index contributed by atoms with van der Waals surface area (Å²) in [5.74, 6) is -0.220. The van der Waals surface area contributed by atoms with Crippen LogP contribution < -0.4 is 10.5 Å². The quantitative estimate of drug-likeness (QED) is 0.129. The van der Waals surface area contributed by atoms with Crippen molar-refractivity contribution in [2.24, 2.45) is 0 Å². The van der Waals surface area contributed by atoms with Gasteiger partial charge in [-0.15, -0.1) is 69.1 Å². The Hall–Kier alpha value is -3.43. The summed E-state index contributed by atoms with van der Waals surface area (Å²) in [7, 11) is 11.1. The Labute approximate surface area is 381 Å². The summed E-state index contributed by atoms with van der Waals surface area (Å²) in [5.41, 5.74) is 11.7. The number of carbonyl (C=O) groups excluding carboxylic acids is 2. The molecule has 4 nitrogen and oxygen atoms in total. The molecule has 1 radical (unpaired) electrons. The molecule has 0 saturated heterocycles. The van der Waals surface area contributed by atoms with Crippen molar-refractivity contribution in [3.63, 3.8) is 0 Å². The molecule has 2 N–H and O–H groups in total. The van der Waals surface area contributed by atoms with Gasteiger partial charge in [-0.2, -0.15) is 12.1 Å². The molecule has 317 valence electrons. The first kappa shape index (κ1) is 50.9. The number of halogens is 2. The third-order valence-corrected chi connectivity index (χ3v) is 10.4. The van der Waals surface area contributed by atoms with Gasteiger partial charge in [0.05, 0.1) is 0 Å². The standard InChI is InChI=1S/2C23H27.C6H12BN2O2.2ClH.Zr/c2*1-22(2,3)17-14-16-10-9-12-18(20(16)15-17)19-11-7-8-13-21(19)23(4,5)6;1-3-5(10)8-7-9-6(11)4-2;;;/h2*7-15H,1-6H3;3-4H2,1-2H3,(H,8,10)(H,9,11);2*1H;/q2*-1;;;;+4/p-2. The van der Waals surface area contributed by atoms with Gasteiger partial charge in [0.1, 0.15) is 0 Å². The molecule has 0 aliphatic rings. The molecular weight excluding hydrogens is 858 g/mol. The Balaban J connectivity index is 0.000000247. The number of hydrogen-bond acceptors (Lipinski definition) is 2. The molecule has 0 bridgehead atoms. The number of carbonyl (C=O) groups is 2. The summed E-state index contributed by atoms with van der Waals surface area (Å²) in [6, 6.07) is 40.5. The second kappa shape index (κ2) is 22.1. The van der Waals surface area contributed by atoms with E-state index in [0.717, 1.165) is 0 Å². The zero-order chi connectivity index (χ0) is 45.1. The number of nitrogens with one attached hydrogen (secondary N) is 2. The van der Waals surface area contributed by atoms with Crippen molar-refractivity contribution in [3.05, 3.63) is 131 Å². The van der Waals surface area contributed by atoms with Gasteiger partial charge >= 0.3 is 45.4 Å². The van der Waals surface area contributed by atoms with E-state index < -0.39 is 20.8 Å². The summed E-state index contributed by atoms with van der Waals surface area (Å²) in [6.45, 7) is 30.9. The first-order chi connectivity index (χ1) is 28.0. The van der Waals surface area contributed by atoms with E-state index in [4.69, 9.17) is 17.0 Å². The van der Waals surface area contributed by atoms with E-state index in [0.29, 0.717) is 12.8 Å². The molecule has 0 atom stereocenters. The first-order valence-electron chi connectivity index (χ1n) is 20.9. The van der Waals surface area contributed by atoms with Crippen molar-refractivity contribution in [1.82, 2.24) is 10.5 Å². The Morgan fingerprint density at radius 3 is 1.13 bits per heavy atom. The van der Waals surface area contributed by atoms with Gasteiger partial charge in [0.2, 0.25) is 11.8 Å². The summed E-state index contributed by atoms with van der Waals surface area (Å²) >= 11 is -0.826. The Morgan fingerprint density at radius 1 is 0.517 bits per heavy atom. The predicted molar refractivity (Wildman–Crippen MR) is 259 cm³/mol. The Kier molecular flexibility index (Phi) is 18.7. The fourth-order valence-electron chi connectivity index (χ4n) is 6.95. The first-order valence-corrected chi connectivity index (χ1v) is 27.3. The van der Waals surface area contributed by atoms with Gasteiger partial charge in [0, 0.05) is 12.8 Å². The molecule has 0 unspecified atom stereocenters. The average Bonchev–Trinajstić information content (AvgIpc) is 3.84. The maximum atomic E-state index is 10.6. The van der Waals surface area contributed by atoms with Crippen molar-refractivity contribution >= 4 is 57.9 Å². The molecule has 0 spiro atoms. The predicted octanol–water partition coefficient (Wildman–Crippen LogP) is 14.6. The number of hydrogen-bond donors (Lipinski definition) is 2. The fraction of sp³-hybridized carbons (Fsp3) is 0.385. The SMILES string of the molecule is CC(C)(C)c1cc2c(-c3ccccc3C(C)(C)C)cccc2[cH-]1.CC(C)(C)c1cc2c(-c3ccccc3C(C)(C)C)cccc2[cH-]1.CCC(=O)N[B]NC(=O)CC.[Cl][Zr+2][Cl]. The van der Waals surface area contributed by atoms with Crippen LogP contribution in [-0.2, 0) is 52.1 Å². The van der Waals surface area contributed by atoms with E-state index in [1.807, 2.05) is 0 Å². The van der Waals surface area contributed by atoms with Crippen LogP contribution in [0.4, 0.5) is 0 Å². The molecule has 8 heteroatoms. The van der Waals surface area contributed by atoms with Gasteiger partial charge in [0.15, 0.2) is 0 Å². The summed E-state index contributed by atoms with van der Waals surface area (Å²) in [5, 5.41) is 10.2. The van der Waals surface area contributed by atoms with Crippen LogP contribution in [-0.4, -0.2) is 19.4 Å². The minimum atomic E-state index is -0.826. The summed E-state index contributed by atoms with van der Waals surface area (Å²) in [4.78, 5) is 21.2. The molecule has 0 saturated carbocycles. The number of rotatable bonds is 6. The van der Waals surface area contributed by atoms with Crippen molar-refractivity contribution in [2.75, 3.05) is 0 Å². The van der Waals surface area contributed by atoms with Crippen molar-refractivity contribution in [2.45, 2.75) is 131 Å².